The first-order valence-electron chi connectivity index (χ1n) is 5.86. The first kappa shape index (κ1) is 10.5. The molecule has 0 saturated heterocycles. The molecule has 0 spiro atoms. The van der Waals surface area contributed by atoms with Gasteiger partial charge < -0.3 is 4.74 Å². The predicted octanol–water partition coefficient (Wildman–Crippen LogP) is 3.31. The van der Waals surface area contributed by atoms with Crippen molar-refractivity contribution < 1.29 is 4.74 Å². The Hall–Kier alpha value is -1.05. The van der Waals surface area contributed by atoms with Crippen molar-refractivity contribution in [2.45, 2.75) is 52.1 Å². The number of hydrogen-bond donors (Lipinski definition) is 0. The van der Waals surface area contributed by atoms with Crippen molar-refractivity contribution in [3.05, 3.63) is 23.5 Å². The zero-order valence-corrected chi connectivity index (χ0v) is 9.79. The van der Waals surface area contributed by atoms with Gasteiger partial charge in [0.1, 0.15) is 5.75 Å². The Morgan fingerprint density at radius 2 is 2.20 bits per heavy atom. The van der Waals surface area contributed by atoms with Gasteiger partial charge in [0, 0.05) is 23.5 Å². The van der Waals surface area contributed by atoms with Gasteiger partial charge in [-0.15, -0.1) is 0 Å². The standard InChI is InChI=1S/C13H19NO/c1-4-10-8-14-12(9(2)3)7-13(10)15-11-5-6-11/h7-9,11H,4-6H2,1-3H3. The van der Waals surface area contributed by atoms with E-state index in [-0.39, 0.29) is 0 Å². The topological polar surface area (TPSA) is 22.1 Å². The third-order valence-electron chi connectivity index (χ3n) is 2.76. The van der Waals surface area contributed by atoms with Crippen LogP contribution in [0.4, 0.5) is 0 Å². The van der Waals surface area contributed by atoms with Gasteiger partial charge in [-0.2, -0.15) is 0 Å². The summed E-state index contributed by atoms with van der Waals surface area (Å²) in [5.74, 6) is 1.52. The molecule has 2 rings (SSSR count). The minimum Gasteiger partial charge on any atom is -0.490 e. The Kier molecular flexibility index (Phi) is 2.94. The van der Waals surface area contributed by atoms with E-state index in [1.807, 2.05) is 6.20 Å². The molecule has 0 N–H and O–H groups in total. The Balaban J connectivity index is 2.24. The highest BCUT2D eigenvalue weighted by Crippen LogP contribution is 2.30. The fourth-order valence-electron chi connectivity index (χ4n) is 1.54. The smallest absolute Gasteiger partial charge is 0.126 e. The monoisotopic (exact) mass is 205 g/mol. The van der Waals surface area contributed by atoms with Crippen LogP contribution in [0.3, 0.4) is 0 Å². The summed E-state index contributed by atoms with van der Waals surface area (Å²) in [7, 11) is 0. The van der Waals surface area contributed by atoms with Gasteiger partial charge in [-0.05, 0) is 25.2 Å². The second kappa shape index (κ2) is 4.21. The molecular formula is C13H19NO. The lowest BCUT2D eigenvalue weighted by atomic mass is 10.1. The SMILES string of the molecule is CCc1cnc(C(C)C)cc1OC1CC1. The Morgan fingerprint density at radius 1 is 1.47 bits per heavy atom. The molecule has 82 valence electrons. The maximum absolute atomic E-state index is 5.90. The van der Waals surface area contributed by atoms with Crippen LogP contribution in [0.2, 0.25) is 0 Å². The lowest BCUT2D eigenvalue weighted by Crippen LogP contribution is -2.02. The molecule has 1 aliphatic carbocycles. The van der Waals surface area contributed by atoms with Crippen molar-refractivity contribution in [3.8, 4) is 5.75 Å². The van der Waals surface area contributed by atoms with Gasteiger partial charge >= 0.3 is 0 Å². The van der Waals surface area contributed by atoms with Crippen molar-refractivity contribution in [3.63, 3.8) is 0 Å². The van der Waals surface area contributed by atoms with E-state index in [9.17, 15) is 0 Å². The van der Waals surface area contributed by atoms with Crippen molar-refractivity contribution in [2.24, 2.45) is 0 Å². The van der Waals surface area contributed by atoms with E-state index in [2.05, 4.69) is 31.8 Å². The number of aryl methyl sites for hydroxylation is 1. The molecule has 0 aliphatic heterocycles. The molecule has 1 saturated carbocycles. The minimum absolute atomic E-state index is 0.470. The lowest BCUT2D eigenvalue weighted by molar-refractivity contribution is 0.299. The maximum Gasteiger partial charge on any atom is 0.126 e. The highest BCUT2D eigenvalue weighted by Gasteiger charge is 2.24. The molecule has 1 aromatic rings. The van der Waals surface area contributed by atoms with E-state index in [1.54, 1.807) is 0 Å². The second-order valence-electron chi connectivity index (χ2n) is 4.54. The summed E-state index contributed by atoms with van der Waals surface area (Å²) in [4.78, 5) is 4.46. The summed E-state index contributed by atoms with van der Waals surface area (Å²) in [6, 6.07) is 2.11. The number of nitrogens with zero attached hydrogens (tertiary/aromatic N) is 1. The van der Waals surface area contributed by atoms with Gasteiger partial charge in [0.05, 0.1) is 6.10 Å². The first-order chi connectivity index (χ1) is 7.20. The Bertz CT molecular complexity index is 342. The summed E-state index contributed by atoms with van der Waals surface area (Å²) >= 11 is 0. The highest BCUT2D eigenvalue weighted by molar-refractivity contribution is 5.34. The van der Waals surface area contributed by atoms with Crippen LogP contribution in [0.25, 0.3) is 0 Å². The molecule has 1 aliphatic rings. The number of rotatable bonds is 4. The summed E-state index contributed by atoms with van der Waals surface area (Å²) in [6.45, 7) is 6.47. The number of pyridine rings is 1. The summed E-state index contributed by atoms with van der Waals surface area (Å²) < 4.78 is 5.90. The number of ether oxygens (including phenoxy) is 1. The third kappa shape index (κ3) is 2.49. The van der Waals surface area contributed by atoms with Crippen molar-refractivity contribution in [2.75, 3.05) is 0 Å². The Morgan fingerprint density at radius 3 is 2.73 bits per heavy atom. The molecule has 0 unspecified atom stereocenters. The van der Waals surface area contributed by atoms with Crippen molar-refractivity contribution >= 4 is 0 Å². The fraction of sp³-hybridized carbons (Fsp3) is 0.615. The molecule has 0 bridgehead atoms. The quantitative estimate of drug-likeness (QED) is 0.752. The van der Waals surface area contributed by atoms with Gasteiger partial charge in [-0.3, -0.25) is 4.98 Å². The van der Waals surface area contributed by atoms with Gasteiger partial charge in [-0.1, -0.05) is 20.8 Å². The number of aromatic nitrogens is 1. The van der Waals surface area contributed by atoms with Gasteiger partial charge in [0.25, 0.3) is 0 Å². The van der Waals surface area contributed by atoms with Crippen molar-refractivity contribution in [1.29, 1.82) is 0 Å². The molecule has 1 aromatic heterocycles. The van der Waals surface area contributed by atoms with Gasteiger partial charge in [-0.25, -0.2) is 0 Å². The second-order valence-corrected chi connectivity index (χ2v) is 4.54. The Labute approximate surface area is 91.7 Å². The summed E-state index contributed by atoms with van der Waals surface area (Å²) in [5.41, 5.74) is 2.36. The van der Waals surface area contributed by atoms with Crippen LogP contribution in [0.15, 0.2) is 12.3 Å². The van der Waals surface area contributed by atoms with E-state index in [4.69, 9.17) is 4.74 Å². The lowest BCUT2D eigenvalue weighted by Gasteiger charge is -2.12. The van der Waals surface area contributed by atoms with E-state index in [1.165, 1.54) is 18.4 Å². The molecule has 0 amide bonds. The van der Waals surface area contributed by atoms with Crippen LogP contribution >= 0.6 is 0 Å². The molecule has 1 fully saturated rings. The average Bonchev–Trinajstić information content (AvgIpc) is 3.01. The minimum atomic E-state index is 0.470. The van der Waals surface area contributed by atoms with E-state index in [0.29, 0.717) is 12.0 Å². The van der Waals surface area contributed by atoms with E-state index >= 15 is 0 Å². The zero-order valence-electron chi connectivity index (χ0n) is 9.79. The molecule has 1 heterocycles. The van der Waals surface area contributed by atoms with Crippen LogP contribution in [0, 0.1) is 0 Å². The van der Waals surface area contributed by atoms with E-state index in [0.717, 1.165) is 17.9 Å². The average molecular weight is 205 g/mol. The van der Waals surface area contributed by atoms with Gasteiger partial charge in [0.15, 0.2) is 0 Å². The van der Waals surface area contributed by atoms with Gasteiger partial charge in [0.2, 0.25) is 0 Å². The molecule has 0 radical (unpaired) electrons. The maximum atomic E-state index is 5.90. The van der Waals surface area contributed by atoms with Crippen LogP contribution in [0.5, 0.6) is 5.75 Å². The molecule has 0 atom stereocenters. The van der Waals surface area contributed by atoms with Crippen molar-refractivity contribution in [1.82, 2.24) is 4.98 Å². The molecule has 15 heavy (non-hydrogen) atoms. The summed E-state index contributed by atoms with van der Waals surface area (Å²) in [6.07, 6.45) is 5.85. The normalized spacial score (nSPS) is 15.7. The van der Waals surface area contributed by atoms with Crippen LogP contribution in [-0.2, 0) is 6.42 Å². The van der Waals surface area contributed by atoms with Crippen LogP contribution < -0.4 is 4.74 Å². The van der Waals surface area contributed by atoms with E-state index < -0.39 is 0 Å². The largest absolute Gasteiger partial charge is 0.490 e. The first-order valence-corrected chi connectivity index (χ1v) is 5.86. The molecule has 0 aromatic carbocycles. The molecule has 2 nitrogen and oxygen atoms in total. The molecular weight excluding hydrogens is 186 g/mol. The zero-order chi connectivity index (χ0) is 10.8. The third-order valence-corrected chi connectivity index (χ3v) is 2.76. The fourth-order valence-corrected chi connectivity index (χ4v) is 1.54. The predicted molar refractivity (Wildman–Crippen MR) is 61.4 cm³/mol. The van der Waals surface area contributed by atoms with Crippen LogP contribution in [0.1, 0.15) is 50.8 Å². The number of hydrogen-bond acceptors (Lipinski definition) is 2. The molecule has 2 heteroatoms. The highest BCUT2D eigenvalue weighted by atomic mass is 16.5. The van der Waals surface area contributed by atoms with Crippen LogP contribution in [-0.4, -0.2) is 11.1 Å². The summed E-state index contributed by atoms with van der Waals surface area (Å²) in [5, 5.41) is 0.